The van der Waals surface area contributed by atoms with Crippen LogP contribution < -0.4 is 10.6 Å². The third-order valence-corrected chi connectivity index (χ3v) is 6.65. The third-order valence-electron chi connectivity index (χ3n) is 6.01. The standard InChI is InChI=1S/C27H43N3O4S/c1-17(2)28-24(31)23(21-16-18(3)12-13-19(21)4)30(20-10-9-11-20)25(32)22(14-15-35-8)29-26(33)34-27(5,6)7/h12-13,16-17,20,22-23H,9-11,14-15H2,1-8H3,(H,28,31)(H,29,33). The highest BCUT2D eigenvalue weighted by Crippen LogP contribution is 2.35. The first-order chi connectivity index (χ1) is 16.3. The van der Waals surface area contributed by atoms with Crippen LogP contribution >= 0.6 is 11.8 Å². The summed E-state index contributed by atoms with van der Waals surface area (Å²) >= 11 is 1.61. The highest BCUT2D eigenvalue weighted by Gasteiger charge is 2.42. The second kappa shape index (κ2) is 12.7. The fraction of sp³-hybridized carbons (Fsp3) is 0.667. The molecule has 7 nitrogen and oxygen atoms in total. The summed E-state index contributed by atoms with van der Waals surface area (Å²) in [4.78, 5) is 42.2. The number of amides is 3. The number of hydrogen-bond donors (Lipinski definition) is 2. The molecule has 3 amide bonds. The van der Waals surface area contributed by atoms with Crippen molar-refractivity contribution in [1.29, 1.82) is 0 Å². The largest absolute Gasteiger partial charge is 0.444 e. The maximum absolute atomic E-state index is 14.2. The molecular weight excluding hydrogens is 462 g/mol. The van der Waals surface area contributed by atoms with E-state index in [1.165, 1.54) is 0 Å². The van der Waals surface area contributed by atoms with Crippen LogP contribution in [0.3, 0.4) is 0 Å². The van der Waals surface area contributed by atoms with Gasteiger partial charge in [-0.1, -0.05) is 23.8 Å². The minimum absolute atomic E-state index is 0.0532. The van der Waals surface area contributed by atoms with Crippen LogP contribution in [0.15, 0.2) is 18.2 Å². The molecule has 1 aromatic rings. The number of thioether (sulfide) groups is 1. The number of hydrogen-bond acceptors (Lipinski definition) is 5. The predicted octanol–water partition coefficient (Wildman–Crippen LogP) is 4.90. The SMILES string of the molecule is CSCCC(NC(=O)OC(C)(C)C)C(=O)N(C1CCC1)C(C(=O)NC(C)C)c1cc(C)ccc1C. The van der Waals surface area contributed by atoms with Gasteiger partial charge in [-0.05, 0) is 97.3 Å². The molecule has 196 valence electrons. The second-order valence-electron chi connectivity index (χ2n) is 10.7. The molecule has 2 N–H and O–H groups in total. The van der Waals surface area contributed by atoms with E-state index in [0.29, 0.717) is 12.2 Å². The Morgan fingerprint density at radius 3 is 2.31 bits per heavy atom. The summed E-state index contributed by atoms with van der Waals surface area (Å²) in [5.41, 5.74) is 2.13. The molecule has 8 heteroatoms. The van der Waals surface area contributed by atoms with E-state index >= 15 is 0 Å². The van der Waals surface area contributed by atoms with Gasteiger partial charge in [-0.3, -0.25) is 9.59 Å². The molecule has 1 saturated carbocycles. The third kappa shape index (κ3) is 8.44. The van der Waals surface area contributed by atoms with Crippen molar-refractivity contribution in [2.75, 3.05) is 12.0 Å². The van der Waals surface area contributed by atoms with Crippen LogP contribution in [0.25, 0.3) is 0 Å². The summed E-state index contributed by atoms with van der Waals surface area (Å²) < 4.78 is 5.45. The molecule has 2 unspecified atom stereocenters. The summed E-state index contributed by atoms with van der Waals surface area (Å²) in [6, 6.07) is 4.33. The first-order valence-electron chi connectivity index (χ1n) is 12.5. The molecule has 0 bridgehead atoms. The summed E-state index contributed by atoms with van der Waals surface area (Å²) in [5, 5.41) is 5.84. The molecule has 0 spiro atoms. The Bertz CT molecular complexity index is 893. The number of carbonyl (C=O) groups is 3. The van der Waals surface area contributed by atoms with Gasteiger partial charge in [0, 0.05) is 12.1 Å². The lowest BCUT2D eigenvalue weighted by Gasteiger charge is -2.44. The van der Waals surface area contributed by atoms with Gasteiger partial charge in [-0.25, -0.2) is 4.79 Å². The van der Waals surface area contributed by atoms with Crippen molar-refractivity contribution in [3.8, 4) is 0 Å². The van der Waals surface area contributed by atoms with Crippen LogP contribution in [0.2, 0.25) is 0 Å². The van der Waals surface area contributed by atoms with Crippen LogP contribution in [0.1, 0.15) is 83.0 Å². The van der Waals surface area contributed by atoms with Gasteiger partial charge in [0.2, 0.25) is 11.8 Å². The zero-order chi connectivity index (χ0) is 26.3. The summed E-state index contributed by atoms with van der Waals surface area (Å²) in [6.45, 7) is 13.2. The van der Waals surface area contributed by atoms with E-state index in [9.17, 15) is 14.4 Å². The molecule has 1 aliphatic carbocycles. The molecule has 0 heterocycles. The topological polar surface area (TPSA) is 87.7 Å². The normalized spacial score (nSPS) is 15.7. The summed E-state index contributed by atoms with van der Waals surface area (Å²) in [5.74, 6) is 0.256. The Morgan fingerprint density at radius 1 is 1.14 bits per heavy atom. The summed E-state index contributed by atoms with van der Waals surface area (Å²) in [7, 11) is 0. The van der Waals surface area contributed by atoms with Crippen molar-refractivity contribution >= 4 is 29.7 Å². The lowest BCUT2D eigenvalue weighted by molar-refractivity contribution is -0.147. The lowest BCUT2D eigenvalue weighted by Crippen LogP contribution is -2.58. The highest BCUT2D eigenvalue weighted by atomic mass is 32.2. The molecule has 2 rings (SSSR count). The van der Waals surface area contributed by atoms with Gasteiger partial charge in [0.1, 0.15) is 17.7 Å². The molecule has 1 aromatic carbocycles. The van der Waals surface area contributed by atoms with Gasteiger partial charge in [0.25, 0.3) is 0 Å². The maximum Gasteiger partial charge on any atom is 0.408 e. The van der Waals surface area contributed by atoms with E-state index in [2.05, 4.69) is 10.6 Å². The predicted molar refractivity (Wildman–Crippen MR) is 143 cm³/mol. The average Bonchev–Trinajstić information content (AvgIpc) is 2.69. The van der Waals surface area contributed by atoms with Crippen molar-refractivity contribution in [2.45, 2.75) is 104 Å². The molecule has 0 aliphatic heterocycles. The van der Waals surface area contributed by atoms with Crippen molar-refractivity contribution < 1.29 is 19.1 Å². The highest BCUT2D eigenvalue weighted by molar-refractivity contribution is 7.98. The van der Waals surface area contributed by atoms with E-state index < -0.39 is 23.8 Å². The molecule has 1 fully saturated rings. The van der Waals surface area contributed by atoms with E-state index in [-0.39, 0.29) is 23.9 Å². The number of nitrogens with one attached hydrogen (secondary N) is 2. The fourth-order valence-corrected chi connectivity index (χ4v) is 4.61. The monoisotopic (exact) mass is 505 g/mol. The smallest absolute Gasteiger partial charge is 0.408 e. The molecule has 2 atom stereocenters. The van der Waals surface area contributed by atoms with Crippen LogP contribution in [-0.2, 0) is 14.3 Å². The fourth-order valence-electron chi connectivity index (χ4n) is 4.14. The van der Waals surface area contributed by atoms with Crippen LogP contribution in [0.5, 0.6) is 0 Å². The Kier molecular flexibility index (Phi) is 10.5. The van der Waals surface area contributed by atoms with Gasteiger partial charge in [0.05, 0.1) is 0 Å². The first-order valence-corrected chi connectivity index (χ1v) is 13.9. The first kappa shape index (κ1) is 29.0. The van der Waals surface area contributed by atoms with E-state index in [1.807, 2.05) is 52.1 Å². The van der Waals surface area contributed by atoms with Crippen LogP contribution in [0, 0.1) is 13.8 Å². The molecule has 0 saturated heterocycles. The number of ether oxygens (including phenoxy) is 1. The minimum Gasteiger partial charge on any atom is -0.444 e. The number of carbonyl (C=O) groups excluding carboxylic acids is 3. The van der Waals surface area contributed by atoms with E-state index in [4.69, 9.17) is 4.74 Å². The minimum atomic E-state index is -0.780. The quantitative estimate of drug-likeness (QED) is 0.472. The zero-order valence-corrected chi connectivity index (χ0v) is 23.4. The average molecular weight is 506 g/mol. The van der Waals surface area contributed by atoms with Gasteiger partial charge in [-0.2, -0.15) is 11.8 Å². The zero-order valence-electron chi connectivity index (χ0n) is 22.6. The summed E-state index contributed by atoms with van der Waals surface area (Å²) in [6.07, 6.45) is 4.48. The second-order valence-corrected chi connectivity index (χ2v) is 11.7. The molecular formula is C27H43N3O4S. The number of benzene rings is 1. The van der Waals surface area contributed by atoms with Crippen molar-refractivity contribution in [1.82, 2.24) is 15.5 Å². The number of alkyl carbamates (subject to hydrolysis) is 1. The van der Waals surface area contributed by atoms with Crippen LogP contribution in [-0.4, -0.2) is 58.5 Å². The molecule has 0 aromatic heterocycles. The van der Waals surface area contributed by atoms with Crippen LogP contribution in [0.4, 0.5) is 4.79 Å². The van der Waals surface area contributed by atoms with Gasteiger partial charge in [-0.15, -0.1) is 0 Å². The Morgan fingerprint density at radius 2 is 1.80 bits per heavy atom. The van der Waals surface area contributed by atoms with Crippen molar-refractivity contribution in [2.24, 2.45) is 0 Å². The van der Waals surface area contributed by atoms with Crippen molar-refractivity contribution in [3.05, 3.63) is 34.9 Å². The number of nitrogens with zero attached hydrogens (tertiary/aromatic N) is 1. The lowest BCUT2D eigenvalue weighted by atomic mass is 9.86. The maximum atomic E-state index is 14.2. The molecule has 35 heavy (non-hydrogen) atoms. The molecule has 1 aliphatic rings. The number of rotatable bonds is 10. The molecule has 0 radical (unpaired) electrons. The Balaban J connectivity index is 2.51. The van der Waals surface area contributed by atoms with Gasteiger partial charge in [0.15, 0.2) is 0 Å². The Labute approximate surface area is 215 Å². The van der Waals surface area contributed by atoms with Crippen molar-refractivity contribution in [3.63, 3.8) is 0 Å². The van der Waals surface area contributed by atoms with E-state index in [1.54, 1.807) is 37.4 Å². The number of aryl methyl sites for hydroxylation is 2. The Hall–Kier alpha value is -2.22. The van der Waals surface area contributed by atoms with Gasteiger partial charge >= 0.3 is 6.09 Å². The van der Waals surface area contributed by atoms with Gasteiger partial charge < -0.3 is 20.3 Å². The van der Waals surface area contributed by atoms with E-state index in [0.717, 1.165) is 36.0 Å².